The fraction of sp³-hybridized carbons (Fsp3) is 0.909. The molecule has 1 fully saturated rings. The molecule has 1 aliphatic rings. The maximum Gasteiger partial charge on any atom is 0.209 e. The number of nitrogens with zero attached hydrogens (tertiary/aromatic N) is 4. The minimum atomic E-state index is 0.203. The number of hydrogen-bond acceptors (Lipinski definition) is 5. The Morgan fingerprint density at radius 1 is 1.41 bits per heavy atom. The molecule has 96 valence electrons. The lowest BCUT2D eigenvalue weighted by atomic mass is 10.1. The molecule has 0 spiro atoms. The van der Waals surface area contributed by atoms with Gasteiger partial charge in [-0.25, -0.2) is 4.68 Å². The summed E-state index contributed by atoms with van der Waals surface area (Å²) in [4.78, 5) is 0. The molecule has 0 amide bonds. The zero-order valence-electron chi connectivity index (χ0n) is 10.5. The third-order valence-electron chi connectivity index (χ3n) is 3.39. The van der Waals surface area contributed by atoms with Crippen molar-refractivity contribution < 1.29 is 0 Å². The third kappa shape index (κ3) is 3.19. The molecule has 2 rings (SSSR count). The second-order valence-electron chi connectivity index (χ2n) is 5.06. The lowest BCUT2D eigenvalue weighted by molar-refractivity contribution is 0.422. The molecule has 1 unspecified atom stereocenters. The summed E-state index contributed by atoms with van der Waals surface area (Å²) in [6.45, 7) is 4.29. The predicted octanol–water partition coefficient (Wildman–Crippen LogP) is 1.86. The summed E-state index contributed by atoms with van der Waals surface area (Å²) < 4.78 is 1.99. The summed E-state index contributed by atoms with van der Waals surface area (Å²) in [7, 11) is 0. The molecule has 1 aromatic rings. The standard InChI is InChI=1S/C11H21N5S/c1-8(2)10(12)7-17-11-13-14-15-16(11)9-5-3-4-6-9/h8-10H,3-7,12H2,1-2H3. The van der Waals surface area contributed by atoms with Gasteiger partial charge in [-0.3, -0.25) is 0 Å². The molecule has 1 saturated carbocycles. The van der Waals surface area contributed by atoms with Gasteiger partial charge in [0.1, 0.15) is 0 Å². The van der Waals surface area contributed by atoms with Crippen LogP contribution in [0.1, 0.15) is 45.6 Å². The van der Waals surface area contributed by atoms with Crippen LogP contribution in [0.2, 0.25) is 0 Å². The average molecular weight is 255 g/mol. The normalized spacial score (nSPS) is 19.1. The molecule has 0 aliphatic heterocycles. The first-order valence-electron chi connectivity index (χ1n) is 6.34. The van der Waals surface area contributed by atoms with Crippen molar-refractivity contribution >= 4 is 11.8 Å². The Morgan fingerprint density at radius 2 is 2.12 bits per heavy atom. The Morgan fingerprint density at radius 3 is 2.76 bits per heavy atom. The fourth-order valence-corrected chi connectivity index (χ4v) is 3.16. The van der Waals surface area contributed by atoms with Crippen molar-refractivity contribution in [1.82, 2.24) is 20.2 Å². The van der Waals surface area contributed by atoms with Gasteiger partial charge in [-0.15, -0.1) is 5.10 Å². The van der Waals surface area contributed by atoms with Crippen molar-refractivity contribution in [2.24, 2.45) is 11.7 Å². The van der Waals surface area contributed by atoms with E-state index in [1.165, 1.54) is 25.7 Å². The molecular formula is C11H21N5S. The SMILES string of the molecule is CC(C)C(N)CSc1nnnn1C1CCCC1. The van der Waals surface area contributed by atoms with Crippen LogP contribution in [0.4, 0.5) is 0 Å². The number of tetrazole rings is 1. The highest BCUT2D eigenvalue weighted by Crippen LogP contribution is 2.31. The van der Waals surface area contributed by atoms with Gasteiger partial charge in [-0.2, -0.15) is 0 Å². The second-order valence-corrected chi connectivity index (χ2v) is 6.05. The number of rotatable bonds is 5. The number of hydrogen-bond donors (Lipinski definition) is 1. The molecule has 17 heavy (non-hydrogen) atoms. The summed E-state index contributed by atoms with van der Waals surface area (Å²) in [5.41, 5.74) is 6.04. The highest BCUT2D eigenvalue weighted by atomic mass is 32.2. The zero-order chi connectivity index (χ0) is 12.3. The zero-order valence-corrected chi connectivity index (χ0v) is 11.4. The van der Waals surface area contributed by atoms with Gasteiger partial charge in [-0.05, 0) is 29.2 Å². The molecule has 1 heterocycles. The largest absolute Gasteiger partial charge is 0.327 e. The molecule has 1 aliphatic carbocycles. The van der Waals surface area contributed by atoms with E-state index < -0.39 is 0 Å². The molecule has 1 atom stereocenters. The van der Waals surface area contributed by atoms with Crippen molar-refractivity contribution in [1.29, 1.82) is 0 Å². The molecular weight excluding hydrogens is 234 g/mol. The van der Waals surface area contributed by atoms with Crippen molar-refractivity contribution in [3.05, 3.63) is 0 Å². The smallest absolute Gasteiger partial charge is 0.209 e. The molecule has 0 bridgehead atoms. The van der Waals surface area contributed by atoms with Crippen molar-refractivity contribution in [2.45, 2.75) is 56.8 Å². The Labute approximate surface area is 107 Å². The lowest BCUT2D eigenvalue weighted by Gasteiger charge is -2.15. The van der Waals surface area contributed by atoms with Crippen LogP contribution in [-0.2, 0) is 0 Å². The van der Waals surface area contributed by atoms with Crippen LogP contribution in [0.5, 0.6) is 0 Å². The summed E-state index contributed by atoms with van der Waals surface area (Å²) >= 11 is 1.68. The summed E-state index contributed by atoms with van der Waals surface area (Å²) in [5, 5.41) is 12.9. The minimum Gasteiger partial charge on any atom is -0.327 e. The highest BCUT2D eigenvalue weighted by molar-refractivity contribution is 7.99. The molecule has 0 saturated heterocycles. The van der Waals surface area contributed by atoms with Gasteiger partial charge in [0.25, 0.3) is 0 Å². The Kier molecular flexibility index (Phi) is 4.39. The van der Waals surface area contributed by atoms with E-state index in [0.717, 1.165) is 10.9 Å². The Bertz CT molecular complexity index is 345. The van der Waals surface area contributed by atoms with Gasteiger partial charge in [0.15, 0.2) is 0 Å². The van der Waals surface area contributed by atoms with Crippen LogP contribution >= 0.6 is 11.8 Å². The monoisotopic (exact) mass is 255 g/mol. The van der Waals surface area contributed by atoms with Gasteiger partial charge in [0.2, 0.25) is 5.16 Å². The third-order valence-corrected chi connectivity index (χ3v) is 4.47. The number of nitrogens with two attached hydrogens (primary N) is 1. The Hall–Kier alpha value is -0.620. The van der Waals surface area contributed by atoms with Crippen LogP contribution in [0.25, 0.3) is 0 Å². The van der Waals surface area contributed by atoms with Gasteiger partial charge >= 0.3 is 0 Å². The van der Waals surface area contributed by atoms with Crippen LogP contribution in [0, 0.1) is 5.92 Å². The molecule has 0 aromatic carbocycles. The molecule has 5 nitrogen and oxygen atoms in total. The van der Waals surface area contributed by atoms with E-state index in [0.29, 0.717) is 12.0 Å². The van der Waals surface area contributed by atoms with Gasteiger partial charge in [0, 0.05) is 11.8 Å². The molecule has 2 N–H and O–H groups in total. The second kappa shape index (κ2) is 5.82. The van der Waals surface area contributed by atoms with Crippen molar-refractivity contribution in [3.63, 3.8) is 0 Å². The van der Waals surface area contributed by atoms with Crippen LogP contribution in [0.15, 0.2) is 5.16 Å². The van der Waals surface area contributed by atoms with Crippen LogP contribution in [0.3, 0.4) is 0 Å². The molecule has 0 radical (unpaired) electrons. The van der Waals surface area contributed by atoms with E-state index >= 15 is 0 Å². The van der Waals surface area contributed by atoms with E-state index in [9.17, 15) is 0 Å². The summed E-state index contributed by atoms with van der Waals surface area (Å²) in [6, 6.07) is 0.705. The first kappa shape index (κ1) is 12.8. The Balaban J connectivity index is 1.94. The van der Waals surface area contributed by atoms with Crippen molar-refractivity contribution in [3.8, 4) is 0 Å². The van der Waals surface area contributed by atoms with Gasteiger partial charge in [0.05, 0.1) is 6.04 Å². The van der Waals surface area contributed by atoms with E-state index in [4.69, 9.17) is 5.73 Å². The van der Waals surface area contributed by atoms with E-state index in [1.807, 2.05) is 4.68 Å². The minimum absolute atomic E-state index is 0.203. The first-order chi connectivity index (χ1) is 8.18. The van der Waals surface area contributed by atoms with Gasteiger partial charge in [-0.1, -0.05) is 38.5 Å². The molecule has 1 aromatic heterocycles. The maximum absolute atomic E-state index is 6.04. The first-order valence-corrected chi connectivity index (χ1v) is 7.33. The van der Waals surface area contributed by atoms with E-state index in [-0.39, 0.29) is 6.04 Å². The summed E-state index contributed by atoms with van der Waals surface area (Å²) in [5.74, 6) is 1.38. The molecule has 6 heteroatoms. The number of thioether (sulfide) groups is 1. The quantitative estimate of drug-likeness (QED) is 0.813. The predicted molar refractivity (Wildman–Crippen MR) is 68.9 cm³/mol. The fourth-order valence-electron chi connectivity index (χ4n) is 2.02. The highest BCUT2D eigenvalue weighted by Gasteiger charge is 2.22. The topological polar surface area (TPSA) is 69.6 Å². The summed E-state index contributed by atoms with van der Waals surface area (Å²) in [6.07, 6.45) is 4.99. The van der Waals surface area contributed by atoms with Crippen LogP contribution in [-0.4, -0.2) is 32.0 Å². The maximum atomic E-state index is 6.04. The number of aromatic nitrogens is 4. The van der Waals surface area contributed by atoms with E-state index in [1.54, 1.807) is 11.8 Å². The lowest BCUT2D eigenvalue weighted by Crippen LogP contribution is -2.29. The van der Waals surface area contributed by atoms with Gasteiger partial charge < -0.3 is 5.73 Å². The van der Waals surface area contributed by atoms with E-state index in [2.05, 4.69) is 29.4 Å². The van der Waals surface area contributed by atoms with Crippen LogP contribution < -0.4 is 5.73 Å². The van der Waals surface area contributed by atoms with Crippen molar-refractivity contribution in [2.75, 3.05) is 5.75 Å². The average Bonchev–Trinajstić information content (AvgIpc) is 2.95.